The van der Waals surface area contributed by atoms with Gasteiger partial charge in [0, 0.05) is 11.2 Å². The van der Waals surface area contributed by atoms with Crippen LogP contribution in [0.3, 0.4) is 0 Å². The number of amides is 1. The Morgan fingerprint density at radius 3 is 1.85 bits per heavy atom. The highest BCUT2D eigenvalue weighted by atomic mass is 16.3. The third-order valence-corrected chi connectivity index (χ3v) is 5.48. The molecule has 0 saturated carbocycles. The van der Waals surface area contributed by atoms with Crippen LogP contribution in [0.25, 0.3) is 0 Å². The zero-order valence-corrected chi connectivity index (χ0v) is 18.4. The summed E-state index contributed by atoms with van der Waals surface area (Å²) in [6.07, 6.45) is 21.4. The van der Waals surface area contributed by atoms with Gasteiger partial charge in [0.05, 0.1) is 5.92 Å². The fourth-order valence-electron chi connectivity index (χ4n) is 3.82. The van der Waals surface area contributed by atoms with Crippen molar-refractivity contribution in [3.05, 3.63) is 17.1 Å². The van der Waals surface area contributed by atoms with Crippen molar-refractivity contribution in [1.29, 1.82) is 0 Å². The second-order valence-electron chi connectivity index (χ2n) is 7.99. The van der Waals surface area contributed by atoms with Crippen LogP contribution in [-0.4, -0.2) is 30.9 Å². The van der Waals surface area contributed by atoms with E-state index in [-0.39, 0.29) is 12.0 Å². The minimum atomic E-state index is -0.479. The van der Waals surface area contributed by atoms with Gasteiger partial charge in [-0.1, -0.05) is 77.4 Å². The Morgan fingerprint density at radius 2 is 1.37 bits per heavy atom. The Bertz CT molecular complexity index is 394. The molecular weight excluding hydrogens is 336 g/mol. The molecule has 4 heteroatoms. The fraction of sp³-hybridized carbons (Fsp3) is 0.870. The van der Waals surface area contributed by atoms with Crippen LogP contribution in [0.4, 0.5) is 0 Å². The summed E-state index contributed by atoms with van der Waals surface area (Å²) in [5.41, 5.74) is 0. The molecule has 4 nitrogen and oxygen atoms in total. The van der Waals surface area contributed by atoms with Crippen molar-refractivity contribution in [1.82, 2.24) is 4.90 Å². The molecule has 0 aromatic carbocycles. The number of hydrogen-bond donors (Lipinski definition) is 0. The number of nitrogens with zero attached hydrogens (tertiary/aromatic N) is 2. The average molecular weight is 381 g/mol. The van der Waals surface area contributed by atoms with Gasteiger partial charge in [-0.3, -0.25) is 4.79 Å². The normalized spacial score (nSPS) is 14.0. The van der Waals surface area contributed by atoms with Crippen LogP contribution in [-0.2, 0) is 4.79 Å². The van der Waals surface area contributed by atoms with Gasteiger partial charge in [-0.05, 0) is 52.6 Å². The number of unbranched alkanes of at least 4 members (excludes halogenated alkanes) is 10. The summed E-state index contributed by atoms with van der Waals surface area (Å²) in [5, 5.41) is 2.70. The summed E-state index contributed by atoms with van der Waals surface area (Å²) >= 11 is 0. The van der Waals surface area contributed by atoms with E-state index in [2.05, 4.69) is 31.2 Å². The molecule has 2 atom stereocenters. The summed E-state index contributed by atoms with van der Waals surface area (Å²) in [6, 6.07) is 0.111. The van der Waals surface area contributed by atoms with Crippen molar-refractivity contribution in [2.75, 3.05) is 14.1 Å². The molecule has 0 N–H and O–H groups in total. The topological polar surface area (TPSA) is 49.7 Å². The van der Waals surface area contributed by atoms with Crippen molar-refractivity contribution in [2.45, 2.75) is 110 Å². The van der Waals surface area contributed by atoms with E-state index in [1.54, 1.807) is 0 Å². The Kier molecular flexibility index (Phi) is 17.6. The maximum Gasteiger partial charge on any atom is 0.290 e. The first-order valence-corrected chi connectivity index (χ1v) is 11.3. The van der Waals surface area contributed by atoms with Gasteiger partial charge >= 0.3 is 0 Å². The molecule has 0 aromatic rings. The van der Waals surface area contributed by atoms with Gasteiger partial charge in [0.15, 0.2) is 0 Å². The van der Waals surface area contributed by atoms with Crippen molar-refractivity contribution in [3.63, 3.8) is 0 Å². The van der Waals surface area contributed by atoms with E-state index in [0.29, 0.717) is 0 Å². The second kappa shape index (κ2) is 18.3. The maximum atomic E-state index is 11.9. The lowest BCUT2D eigenvalue weighted by Crippen LogP contribution is -2.38. The third kappa shape index (κ3) is 13.7. The summed E-state index contributed by atoms with van der Waals surface area (Å²) in [7, 11) is 3.94. The average Bonchev–Trinajstić information content (AvgIpc) is 2.66. The second-order valence-corrected chi connectivity index (χ2v) is 7.99. The molecule has 0 aliphatic rings. The van der Waals surface area contributed by atoms with Crippen LogP contribution in [0, 0.1) is 10.8 Å². The van der Waals surface area contributed by atoms with Crippen molar-refractivity contribution >= 4 is 5.91 Å². The molecule has 0 bridgehead atoms. The SMILES string of the molecule is CCCCCCCCC=CCCCCCCC(C(=O)N=O)C(CC)N(C)C. The van der Waals surface area contributed by atoms with Gasteiger partial charge in [0.1, 0.15) is 0 Å². The predicted octanol–water partition coefficient (Wildman–Crippen LogP) is 6.88. The van der Waals surface area contributed by atoms with Gasteiger partial charge in [-0.2, -0.15) is 0 Å². The number of carbonyl (C=O) groups excluding carboxylic acids is 1. The van der Waals surface area contributed by atoms with Crippen LogP contribution in [0.1, 0.15) is 104 Å². The molecular formula is C23H44N2O2. The first kappa shape index (κ1) is 26.0. The summed E-state index contributed by atoms with van der Waals surface area (Å²) in [6.45, 7) is 4.32. The van der Waals surface area contributed by atoms with Crippen LogP contribution in [0.5, 0.6) is 0 Å². The zero-order chi connectivity index (χ0) is 20.3. The number of rotatable bonds is 18. The predicted molar refractivity (Wildman–Crippen MR) is 117 cm³/mol. The van der Waals surface area contributed by atoms with Crippen LogP contribution in [0.2, 0.25) is 0 Å². The van der Waals surface area contributed by atoms with E-state index in [0.717, 1.165) is 32.1 Å². The molecule has 0 rings (SSSR count). The number of hydrogen-bond acceptors (Lipinski definition) is 3. The molecule has 27 heavy (non-hydrogen) atoms. The van der Waals surface area contributed by atoms with Gasteiger partial charge in [0.2, 0.25) is 0 Å². The van der Waals surface area contributed by atoms with Crippen molar-refractivity contribution in [3.8, 4) is 0 Å². The molecule has 0 heterocycles. The monoisotopic (exact) mass is 380 g/mol. The Hall–Kier alpha value is -1.03. The lowest BCUT2D eigenvalue weighted by atomic mass is 9.90. The summed E-state index contributed by atoms with van der Waals surface area (Å²) in [5.74, 6) is -0.729. The molecule has 0 saturated heterocycles. The minimum Gasteiger partial charge on any atom is -0.306 e. The summed E-state index contributed by atoms with van der Waals surface area (Å²) < 4.78 is 0. The highest BCUT2D eigenvalue weighted by molar-refractivity contribution is 5.80. The van der Waals surface area contributed by atoms with Crippen molar-refractivity contribution in [2.24, 2.45) is 11.1 Å². The Morgan fingerprint density at radius 1 is 0.852 bits per heavy atom. The molecule has 0 radical (unpaired) electrons. The number of carbonyl (C=O) groups is 1. The summed E-state index contributed by atoms with van der Waals surface area (Å²) in [4.78, 5) is 24.6. The van der Waals surface area contributed by atoms with E-state index in [4.69, 9.17) is 0 Å². The number of allylic oxidation sites excluding steroid dienone is 2. The zero-order valence-electron chi connectivity index (χ0n) is 18.4. The third-order valence-electron chi connectivity index (χ3n) is 5.48. The van der Waals surface area contributed by atoms with E-state index < -0.39 is 5.91 Å². The van der Waals surface area contributed by atoms with E-state index in [1.165, 1.54) is 57.8 Å². The standard InChI is InChI=1S/C23H44N2O2/c1-5-7-8-9-10-11-12-13-14-15-16-17-18-19-20-21(23(26)24-27)22(6-2)25(3)4/h13-14,21-22H,5-12,15-20H2,1-4H3. The van der Waals surface area contributed by atoms with Crippen LogP contribution >= 0.6 is 0 Å². The molecule has 0 aliphatic carbocycles. The highest BCUT2D eigenvalue weighted by Crippen LogP contribution is 2.22. The van der Waals surface area contributed by atoms with Gasteiger partial charge < -0.3 is 4.90 Å². The van der Waals surface area contributed by atoms with E-state index in [9.17, 15) is 9.70 Å². The lowest BCUT2D eigenvalue weighted by Gasteiger charge is -2.28. The van der Waals surface area contributed by atoms with Crippen LogP contribution in [0.15, 0.2) is 17.3 Å². The van der Waals surface area contributed by atoms with Gasteiger partial charge in [-0.15, -0.1) is 4.91 Å². The minimum absolute atomic E-state index is 0.111. The molecule has 0 aromatic heterocycles. The van der Waals surface area contributed by atoms with E-state index in [1.807, 2.05) is 19.0 Å². The van der Waals surface area contributed by atoms with Gasteiger partial charge in [-0.25, -0.2) is 0 Å². The quantitative estimate of drug-likeness (QED) is 0.148. The largest absolute Gasteiger partial charge is 0.306 e. The molecule has 0 fully saturated rings. The molecule has 2 unspecified atom stereocenters. The molecule has 158 valence electrons. The molecule has 0 spiro atoms. The van der Waals surface area contributed by atoms with E-state index >= 15 is 0 Å². The maximum absolute atomic E-state index is 11.9. The molecule has 1 amide bonds. The van der Waals surface area contributed by atoms with Gasteiger partial charge in [0.25, 0.3) is 5.91 Å². The first-order valence-electron chi connectivity index (χ1n) is 11.3. The van der Waals surface area contributed by atoms with Crippen molar-refractivity contribution < 1.29 is 4.79 Å². The highest BCUT2D eigenvalue weighted by Gasteiger charge is 2.28. The Balaban J connectivity index is 3.77. The Labute approximate surface area is 168 Å². The van der Waals surface area contributed by atoms with Crippen LogP contribution < -0.4 is 0 Å². The number of nitroso groups, excluding NO2 is 1. The lowest BCUT2D eigenvalue weighted by molar-refractivity contribution is -0.124. The molecule has 0 aliphatic heterocycles. The first-order chi connectivity index (χ1) is 13.1. The smallest absolute Gasteiger partial charge is 0.290 e. The fourth-order valence-corrected chi connectivity index (χ4v) is 3.82.